The maximum atomic E-state index is 12.5. The van der Waals surface area contributed by atoms with E-state index in [2.05, 4.69) is 39.9 Å². The molecule has 2 N–H and O–H groups in total. The molecule has 32 heavy (non-hydrogen) atoms. The van der Waals surface area contributed by atoms with E-state index in [1.807, 2.05) is 78.2 Å². The highest BCUT2D eigenvalue weighted by Gasteiger charge is 2.16. The van der Waals surface area contributed by atoms with Crippen molar-refractivity contribution in [1.29, 1.82) is 0 Å². The van der Waals surface area contributed by atoms with Gasteiger partial charge in [0.05, 0.1) is 12.3 Å². The monoisotopic (exact) mass is 443 g/mol. The van der Waals surface area contributed by atoms with Crippen LogP contribution in [0.25, 0.3) is 5.69 Å². The van der Waals surface area contributed by atoms with Crippen molar-refractivity contribution in [3.8, 4) is 5.69 Å². The maximum Gasteiger partial charge on any atom is 0.234 e. The molecule has 0 aliphatic rings. The van der Waals surface area contributed by atoms with Gasteiger partial charge in [-0.3, -0.25) is 9.36 Å². The van der Waals surface area contributed by atoms with Gasteiger partial charge in [0, 0.05) is 17.1 Å². The maximum absolute atomic E-state index is 12.5. The number of carbonyl (C=O) groups is 1. The second-order valence-electron chi connectivity index (χ2n) is 7.50. The van der Waals surface area contributed by atoms with E-state index in [-0.39, 0.29) is 11.7 Å². The van der Waals surface area contributed by atoms with E-state index in [0.29, 0.717) is 11.7 Å². The Morgan fingerprint density at radius 3 is 2.28 bits per heavy atom. The van der Waals surface area contributed by atoms with E-state index in [1.165, 1.54) is 17.3 Å². The fourth-order valence-corrected chi connectivity index (χ4v) is 4.10. The number of thioether (sulfide) groups is 1. The number of rotatable bonds is 8. The molecule has 0 saturated carbocycles. The Bertz CT molecular complexity index is 1210. The highest BCUT2D eigenvalue weighted by Crippen LogP contribution is 2.23. The fourth-order valence-electron chi connectivity index (χ4n) is 3.33. The molecule has 0 saturated heterocycles. The van der Waals surface area contributed by atoms with Crippen molar-refractivity contribution < 1.29 is 4.79 Å². The van der Waals surface area contributed by atoms with Crippen molar-refractivity contribution in [3.63, 3.8) is 0 Å². The Hall–Kier alpha value is -3.58. The topological polar surface area (TPSA) is 71.8 Å². The summed E-state index contributed by atoms with van der Waals surface area (Å²) in [5.41, 5.74) is 5.07. The SMILES string of the molecule is Cc1cccc(NCc2nnc(SCC(=O)Nc3cccc(C)c3)n2-c2ccccc2)c1. The molecule has 0 radical (unpaired) electrons. The molecular weight excluding hydrogens is 418 g/mol. The Morgan fingerprint density at radius 1 is 0.875 bits per heavy atom. The average Bonchev–Trinajstić information content (AvgIpc) is 3.20. The Balaban J connectivity index is 1.49. The molecule has 6 nitrogen and oxygen atoms in total. The summed E-state index contributed by atoms with van der Waals surface area (Å²) in [5, 5.41) is 15.8. The smallest absolute Gasteiger partial charge is 0.234 e. The minimum atomic E-state index is -0.0809. The van der Waals surface area contributed by atoms with Gasteiger partial charge in [0.1, 0.15) is 0 Å². The number of carbonyl (C=O) groups excluding carboxylic acids is 1. The van der Waals surface area contributed by atoms with Crippen molar-refractivity contribution in [2.45, 2.75) is 25.5 Å². The average molecular weight is 444 g/mol. The summed E-state index contributed by atoms with van der Waals surface area (Å²) >= 11 is 1.37. The number of anilines is 2. The number of amides is 1. The van der Waals surface area contributed by atoms with Crippen LogP contribution >= 0.6 is 11.8 Å². The molecule has 1 heterocycles. The lowest BCUT2D eigenvalue weighted by molar-refractivity contribution is -0.113. The van der Waals surface area contributed by atoms with E-state index in [4.69, 9.17) is 0 Å². The third kappa shape index (κ3) is 5.56. The molecule has 4 rings (SSSR count). The number of aryl methyl sites for hydroxylation is 2. The third-order valence-electron chi connectivity index (χ3n) is 4.82. The van der Waals surface area contributed by atoms with Gasteiger partial charge in [0.25, 0.3) is 0 Å². The number of aromatic nitrogens is 3. The number of nitrogens with one attached hydrogen (secondary N) is 2. The van der Waals surface area contributed by atoms with Gasteiger partial charge in [-0.2, -0.15) is 0 Å². The zero-order valence-electron chi connectivity index (χ0n) is 18.1. The van der Waals surface area contributed by atoms with Crippen LogP contribution in [0.5, 0.6) is 0 Å². The molecule has 0 bridgehead atoms. The van der Waals surface area contributed by atoms with Gasteiger partial charge in [0.2, 0.25) is 5.91 Å². The zero-order chi connectivity index (χ0) is 22.3. The van der Waals surface area contributed by atoms with Crippen molar-refractivity contribution in [2.75, 3.05) is 16.4 Å². The fraction of sp³-hybridized carbons (Fsp3) is 0.160. The standard InChI is InChI=1S/C25H25N5OS/c1-18-8-6-10-20(14-18)26-16-23-28-29-25(30(23)22-12-4-3-5-13-22)32-17-24(31)27-21-11-7-9-19(2)15-21/h3-15,26H,16-17H2,1-2H3,(H,27,31). The first-order valence-corrected chi connectivity index (χ1v) is 11.4. The highest BCUT2D eigenvalue weighted by atomic mass is 32.2. The first-order chi connectivity index (χ1) is 15.6. The zero-order valence-corrected chi connectivity index (χ0v) is 18.9. The lowest BCUT2D eigenvalue weighted by atomic mass is 10.2. The second kappa shape index (κ2) is 10.2. The Labute approximate surface area is 192 Å². The molecule has 0 spiro atoms. The van der Waals surface area contributed by atoms with Crippen LogP contribution in [-0.2, 0) is 11.3 Å². The predicted octanol–water partition coefficient (Wildman–Crippen LogP) is 5.23. The summed E-state index contributed by atoms with van der Waals surface area (Å²) < 4.78 is 1.99. The first kappa shape index (κ1) is 21.6. The molecule has 0 unspecified atom stereocenters. The van der Waals surface area contributed by atoms with Gasteiger partial charge in [0.15, 0.2) is 11.0 Å². The molecule has 7 heteroatoms. The minimum Gasteiger partial charge on any atom is -0.378 e. The van der Waals surface area contributed by atoms with Gasteiger partial charge in [-0.05, 0) is 61.4 Å². The van der Waals surface area contributed by atoms with Gasteiger partial charge >= 0.3 is 0 Å². The van der Waals surface area contributed by atoms with Gasteiger partial charge in [-0.25, -0.2) is 0 Å². The second-order valence-corrected chi connectivity index (χ2v) is 8.44. The van der Waals surface area contributed by atoms with E-state index in [0.717, 1.165) is 28.5 Å². The van der Waals surface area contributed by atoms with Gasteiger partial charge in [-0.1, -0.05) is 54.2 Å². The highest BCUT2D eigenvalue weighted by molar-refractivity contribution is 7.99. The van der Waals surface area contributed by atoms with Crippen molar-refractivity contribution >= 4 is 29.0 Å². The quantitative estimate of drug-likeness (QED) is 0.365. The summed E-state index contributed by atoms with van der Waals surface area (Å²) in [7, 11) is 0. The van der Waals surface area contributed by atoms with Crippen LogP contribution in [0.3, 0.4) is 0 Å². The molecule has 1 amide bonds. The first-order valence-electron chi connectivity index (χ1n) is 10.4. The molecular formula is C25H25N5OS. The number of hydrogen-bond acceptors (Lipinski definition) is 5. The third-order valence-corrected chi connectivity index (χ3v) is 5.75. The van der Waals surface area contributed by atoms with Crippen LogP contribution in [0.15, 0.2) is 84.0 Å². The molecule has 0 fully saturated rings. The predicted molar refractivity (Wildman–Crippen MR) is 130 cm³/mol. The summed E-state index contributed by atoms with van der Waals surface area (Å²) in [6, 6.07) is 25.9. The van der Waals surface area contributed by atoms with Crippen LogP contribution in [0, 0.1) is 13.8 Å². The molecule has 0 aliphatic carbocycles. The number of nitrogens with zero attached hydrogens (tertiary/aromatic N) is 3. The van der Waals surface area contributed by atoms with Crippen LogP contribution in [0.4, 0.5) is 11.4 Å². The molecule has 1 aromatic heterocycles. The largest absolute Gasteiger partial charge is 0.378 e. The Kier molecular flexibility index (Phi) is 6.87. The van der Waals surface area contributed by atoms with E-state index < -0.39 is 0 Å². The minimum absolute atomic E-state index is 0.0809. The summed E-state index contributed by atoms with van der Waals surface area (Å²) in [6.45, 7) is 4.58. The van der Waals surface area contributed by atoms with Crippen LogP contribution < -0.4 is 10.6 Å². The number of benzene rings is 3. The number of para-hydroxylation sites is 1. The van der Waals surface area contributed by atoms with Crippen LogP contribution in [-0.4, -0.2) is 26.4 Å². The molecule has 162 valence electrons. The summed E-state index contributed by atoms with van der Waals surface area (Å²) in [5.74, 6) is 0.937. The number of hydrogen-bond donors (Lipinski definition) is 2. The molecule has 0 aliphatic heterocycles. The van der Waals surface area contributed by atoms with Crippen molar-refractivity contribution in [1.82, 2.24) is 14.8 Å². The Morgan fingerprint density at radius 2 is 1.56 bits per heavy atom. The van der Waals surface area contributed by atoms with Gasteiger partial charge < -0.3 is 10.6 Å². The van der Waals surface area contributed by atoms with E-state index in [1.54, 1.807) is 0 Å². The van der Waals surface area contributed by atoms with Crippen LogP contribution in [0.1, 0.15) is 17.0 Å². The normalized spacial score (nSPS) is 10.7. The molecule has 3 aromatic carbocycles. The van der Waals surface area contributed by atoms with E-state index in [9.17, 15) is 4.79 Å². The molecule has 0 atom stereocenters. The van der Waals surface area contributed by atoms with Gasteiger partial charge in [-0.15, -0.1) is 10.2 Å². The summed E-state index contributed by atoms with van der Waals surface area (Å²) in [6.07, 6.45) is 0. The molecule has 4 aromatic rings. The van der Waals surface area contributed by atoms with Crippen molar-refractivity contribution in [2.24, 2.45) is 0 Å². The van der Waals surface area contributed by atoms with Crippen LogP contribution in [0.2, 0.25) is 0 Å². The van der Waals surface area contributed by atoms with E-state index >= 15 is 0 Å². The lowest BCUT2D eigenvalue weighted by Gasteiger charge is -2.12. The summed E-state index contributed by atoms with van der Waals surface area (Å²) in [4.78, 5) is 12.5. The lowest BCUT2D eigenvalue weighted by Crippen LogP contribution is -2.15. The van der Waals surface area contributed by atoms with Crippen molar-refractivity contribution in [3.05, 3.63) is 95.8 Å².